The van der Waals surface area contributed by atoms with Gasteiger partial charge in [-0.15, -0.1) is 0 Å². The molecule has 1 fully saturated rings. The molecule has 7 nitrogen and oxygen atoms in total. The molecule has 1 heterocycles. The average molecular weight is 259 g/mol. The topological polar surface area (TPSA) is 93.9 Å². The van der Waals surface area contributed by atoms with E-state index in [-0.39, 0.29) is 25.1 Å². The Hall–Kier alpha value is -1.18. The summed E-state index contributed by atoms with van der Waals surface area (Å²) in [5, 5.41) is 3.15. The Morgan fingerprint density at radius 1 is 1.44 bits per heavy atom. The van der Waals surface area contributed by atoms with Crippen molar-refractivity contribution < 1.29 is 19.1 Å². The van der Waals surface area contributed by atoms with Crippen LogP contribution in [0.5, 0.6) is 0 Å². The van der Waals surface area contributed by atoms with Crippen molar-refractivity contribution in [2.45, 2.75) is 12.5 Å². The standard InChI is InChI=1S/C11H21N3O4/c1-17-4-5-18-8-11(16)14(7-10(12)15)9-2-3-13-6-9/h9,13H,2-8H2,1H3,(H2,12,15). The van der Waals surface area contributed by atoms with Crippen LogP contribution >= 0.6 is 0 Å². The van der Waals surface area contributed by atoms with E-state index in [1.165, 1.54) is 4.90 Å². The summed E-state index contributed by atoms with van der Waals surface area (Å²) in [4.78, 5) is 24.4. The molecule has 1 aliphatic rings. The molecule has 2 amide bonds. The zero-order chi connectivity index (χ0) is 13.4. The van der Waals surface area contributed by atoms with Gasteiger partial charge in [-0.2, -0.15) is 0 Å². The molecule has 0 aromatic rings. The molecular formula is C11H21N3O4. The zero-order valence-corrected chi connectivity index (χ0v) is 10.7. The van der Waals surface area contributed by atoms with Crippen LogP contribution < -0.4 is 11.1 Å². The van der Waals surface area contributed by atoms with Gasteiger partial charge in [0.25, 0.3) is 0 Å². The van der Waals surface area contributed by atoms with Gasteiger partial charge in [0.2, 0.25) is 11.8 Å². The quantitative estimate of drug-likeness (QED) is 0.508. The molecule has 7 heteroatoms. The summed E-state index contributed by atoms with van der Waals surface area (Å²) in [6, 6.07) is 0.0241. The molecule has 0 aliphatic carbocycles. The Labute approximate surface area is 107 Å². The van der Waals surface area contributed by atoms with Crippen LogP contribution in [0.15, 0.2) is 0 Å². The summed E-state index contributed by atoms with van der Waals surface area (Å²) >= 11 is 0. The number of nitrogens with zero attached hydrogens (tertiary/aromatic N) is 1. The second kappa shape index (κ2) is 8.02. The monoisotopic (exact) mass is 259 g/mol. The second-order valence-corrected chi connectivity index (χ2v) is 4.18. The Balaban J connectivity index is 2.42. The van der Waals surface area contributed by atoms with E-state index in [2.05, 4.69) is 5.32 Å². The lowest BCUT2D eigenvalue weighted by atomic mass is 10.2. The molecule has 3 N–H and O–H groups in total. The van der Waals surface area contributed by atoms with Crippen molar-refractivity contribution in [2.24, 2.45) is 5.73 Å². The van der Waals surface area contributed by atoms with E-state index < -0.39 is 5.91 Å². The van der Waals surface area contributed by atoms with Gasteiger partial charge in [0, 0.05) is 19.7 Å². The maximum atomic E-state index is 12.0. The highest BCUT2D eigenvalue weighted by molar-refractivity contribution is 5.84. The summed E-state index contributed by atoms with van der Waals surface area (Å²) in [5.74, 6) is -0.717. The van der Waals surface area contributed by atoms with Gasteiger partial charge in [0.1, 0.15) is 6.61 Å². The smallest absolute Gasteiger partial charge is 0.249 e. The number of nitrogens with two attached hydrogens (primary N) is 1. The van der Waals surface area contributed by atoms with Crippen LogP contribution in [0.1, 0.15) is 6.42 Å². The largest absolute Gasteiger partial charge is 0.382 e. The lowest BCUT2D eigenvalue weighted by Gasteiger charge is -2.27. The maximum Gasteiger partial charge on any atom is 0.249 e. The first-order chi connectivity index (χ1) is 8.65. The number of hydrogen-bond acceptors (Lipinski definition) is 5. The van der Waals surface area contributed by atoms with Gasteiger partial charge in [-0.25, -0.2) is 0 Å². The Kier molecular flexibility index (Phi) is 6.63. The van der Waals surface area contributed by atoms with Crippen LogP contribution in [-0.4, -0.2) is 69.3 Å². The molecule has 18 heavy (non-hydrogen) atoms. The minimum Gasteiger partial charge on any atom is -0.382 e. The van der Waals surface area contributed by atoms with Crippen molar-refractivity contribution >= 4 is 11.8 Å². The second-order valence-electron chi connectivity index (χ2n) is 4.18. The first kappa shape index (κ1) is 14.9. The molecule has 1 rings (SSSR count). The van der Waals surface area contributed by atoms with E-state index in [4.69, 9.17) is 15.2 Å². The minimum absolute atomic E-state index is 0.0241. The van der Waals surface area contributed by atoms with Gasteiger partial charge in [-0.1, -0.05) is 0 Å². The molecule has 1 unspecified atom stereocenters. The van der Waals surface area contributed by atoms with Crippen LogP contribution in [0.4, 0.5) is 0 Å². The van der Waals surface area contributed by atoms with Crippen molar-refractivity contribution in [3.8, 4) is 0 Å². The molecule has 1 saturated heterocycles. The van der Waals surface area contributed by atoms with E-state index in [0.717, 1.165) is 13.0 Å². The SMILES string of the molecule is COCCOCC(=O)N(CC(N)=O)C1CCNC1. The van der Waals surface area contributed by atoms with Crippen LogP contribution in [0.3, 0.4) is 0 Å². The zero-order valence-electron chi connectivity index (χ0n) is 10.7. The van der Waals surface area contributed by atoms with E-state index in [0.29, 0.717) is 19.8 Å². The summed E-state index contributed by atoms with van der Waals surface area (Å²) in [5.41, 5.74) is 5.16. The molecule has 104 valence electrons. The van der Waals surface area contributed by atoms with Crippen molar-refractivity contribution in [2.75, 3.05) is 46.6 Å². The lowest BCUT2D eigenvalue weighted by Crippen LogP contribution is -2.47. The number of amides is 2. The van der Waals surface area contributed by atoms with Crippen molar-refractivity contribution in [3.05, 3.63) is 0 Å². The fraction of sp³-hybridized carbons (Fsp3) is 0.818. The molecular weight excluding hydrogens is 238 g/mol. The number of rotatable bonds is 8. The highest BCUT2D eigenvalue weighted by Crippen LogP contribution is 2.08. The maximum absolute atomic E-state index is 12.0. The fourth-order valence-electron chi connectivity index (χ4n) is 1.88. The van der Waals surface area contributed by atoms with Crippen LogP contribution in [-0.2, 0) is 19.1 Å². The molecule has 0 bridgehead atoms. The molecule has 0 saturated carbocycles. The normalized spacial score (nSPS) is 18.8. The van der Waals surface area contributed by atoms with E-state index in [1.54, 1.807) is 7.11 Å². The number of methoxy groups -OCH3 is 1. The Morgan fingerprint density at radius 2 is 2.22 bits per heavy atom. The Morgan fingerprint density at radius 3 is 2.78 bits per heavy atom. The molecule has 0 aromatic heterocycles. The van der Waals surface area contributed by atoms with Gasteiger partial charge in [-0.05, 0) is 13.0 Å². The molecule has 0 radical (unpaired) electrons. The summed E-state index contributed by atoms with van der Waals surface area (Å²) in [6.45, 7) is 2.23. The highest BCUT2D eigenvalue weighted by Gasteiger charge is 2.27. The Bertz CT molecular complexity index is 279. The fourth-order valence-corrected chi connectivity index (χ4v) is 1.88. The predicted molar refractivity (Wildman–Crippen MR) is 64.9 cm³/mol. The first-order valence-electron chi connectivity index (χ1n) is 6.00. The van der Waals surface area contributed by atoms with Gasteiger partial charge in [0.15, 0.2) is 0 Å². The third-order valence-corrected chi connectivity index (χ3v) is 2.78. The summed E-state index contributed by atoms with van der Waals surface area (Å²) < 4.78 is 9.98. The number of primary amides is 1. The number of carbonyl (C=O) groups is 2. The molecule has 1 atom stereocenters. The van der Waals surface area contributed by atoms with Crippen molar-refractivity contribution in [3.63, 3.8) is 0 Å². The number of hydrogen-bond donors (Lipinski definition) is 2. The number of carbonyl (C=O) groups excluding carboxylic acids is 2. The average Bonchev–Trinajstić information content (AvgIpc) is 2.84. The van der Waals surface area contributed by atoms with Gasteiger partial charge in [0.05, 0.1) is 19.8 Å². The van der Waals surface area contributed by atoms with E-state index in [1.807, 2.05) is 0 Å². The molecule has 0 aromatic carbocycles. The van der Waals surface area contributed by atoms with Crippen LogP contribution in [0, 0.1) is 0 Å². The number of nitrogens with one attached hydrogen (secondary N) is 1. The predicted octanol–water partition coefficient (Wildman–Crippen LogP) is -1.67. The first-order valence-corrected chi connectivity index (χ1v) is 6.00. The van der Waals surface area contributed by atoms with E-state index >= 15 is 0 Å². The van der Waals surface area contributed by atoms with Crippen molar-refractivity contribution in [1.29, 1.82) is 0 Å². The summed E-state index contributed by atoms with van der Waals surface area (Å²) in [6.07, 6.45) is 0.830. The minimum atomic E-state index is -0.507. The summed E-state index contributed by atoms with van der Waals surface area (Å²) in [7, 11) is 1.56. The van der Waals surface area contributed by atoms with Crippen LogP contribution in [0.25, 0.3) is 0 Å². The van der Waals surface area contributed by atoms with Crippen molar-refractivity contribution in [1.82, 2.24) is 10.2 Å². The number of ether oxygens (including phenoxy) is 2. The third-order valence-electron chi connectivity index (χ3n) is 2.78. The highest BCUT2D eigenvalue weighted by atomic mass is 16.5. The van der Waals surface area contributed by atoms with Crippen LogP contribution in [0.2, 0.25) is 0 Å². The molecule has 0 spiro atoms. The lowest BCUT2D eigenvalue weighted by molar-refractivity contribution is -0.141. The third kappa shape index (κ3) is 4.99. The van der Waals surface area contributed by atoms with Gasteiger partial charge in [-0.3, -0.25) is 9.59 Å². The van der Waals surface area contributed by atoms with Gasteiger partial charge < -0.3 is 25.4 Å². The van der Waals surface area contributed by atoms with E-state index in [9.17, 15) is 9.59 Å². The molecule has 1 aliphatic heterocycles. The van der Waals surface area contributed by atoms with Gasteiger partial charge >= 0.3 is 0 Å².